The Morgan fingerprint density at radius 3 is 2.46 bits per heavy atom. The first-order valence-electron chi connectivity index (χ1n) is 7.72. The zero-order valence-electron chi connectivity index (χ0n) is 14.7. The van der Waals surface area contributed by atoms with Gasteiger partial charge in [0.05, 0.1) is 19.9 Å². The number of rotatable bonds is 6. The number of carbonyl (C=O) groups excluding carboxylic acids is 1. The minimum absolute atomic E-state index is 0.251. The van der Waals surface area contributed by atoms with Crippen LogP contribution in [0.4, 0.5) is 5.69 Å². The topological polar surface area (TPSA) is 56.8 Å². The standard InChI is InChI=1S/C19H23NO4/c1-12-7-6-8-17(13(12)2)24-14(3)19(21)20-16-10-9-15(22-4)11-18(16)23-5/h6-11,14H,1-5H3,(H,20,21)/t14-/m0/s1. The van der Waals surface area contributed by atoms with Gasteiger partial charge in [-0.3, -0.25) is 4.79 Å². The van der Waals surface area contributed by atoms with E-state index in [9.17, 15) is 4.79 Å². The van der Waals surface area contributed by atoms with Crippen molar-refractivity contribution in [2.75, 3.05) is 19.5 Å². The maximum atomic E-state index is 12.4. The summed E-state index contributed by atoms with van der Waals surface area (Å²) in [4.78, 5) is 12.4. The van der Waals surface area contributed by atoms with Gasteiger partial charge in [-0.1, -0.05) is 12.1 Å². The Morgan fingerprint density at radius 2 is 1.79 bits per heavy atom. The number of amides is 1. The highest BCUT2D eigenvalue weighted by Gasteiger charge is 2.18. The molecule has 0 saturated heterocycles. The van der Waals surface area contributed by atoms with Crippen molar-refractivity contribution in [2.24, 2.45) is 0 Å². The van der Waals surface area contributed by atoms with Gasteiger partial charge in [0.1, 0.15) is 17.2 Å². The average molecular weight is 329 g/mol. The summed E-state index contributed by atoms with van der Waals surface area (Å²) < 4.78 is 16.2. The number of ether oxygens (including phenoxy) is 3. The van der Waals surface area contributed by atoms with E-state index in [0.29, 0.717) is 22.9 Å². The van der Waals surface area contributed by atoms with Gasteiger partial charge in [0.25, 0.3) is 5.91 Å². The fraction of sp³-hybridized carbons (Fsp3) is 0.316. The molecule has 24 heavy (non-hydrogen) atoms. The molecule has 5 heteroatoms. The lowest BCUT2D eigenvalue weighted by Gasteiger charge is -2.18. The van der Waals surface area contributed by atoms with Gasteiger partial charge >= 0.3 is 0 Å². The maximum Gasteiger partial charge on any atom is 0.265 e. The molecule has 0 bridgehead atoms. The van der Waals surface area contributed by atoms with E-state index in [-0.39, 0.29) is 5.91 Å². The van der Waals surface area contributed by atoms with Crippen molar-refractivity contribution in [1.82, 2.24) is 0 Å². The molecule has 5 nitrogen and oxygen atoms in total. The molecule has 0 heterocycles. The number of nitrogens with one attached hydrogen (secondary N) is 1. The third-order valence-corrected chi connectivity index (χ3v) is 3.89. The lowest BCUT2D eigenvalue weighted by atomic mass is 10.1. The molecule has 0 aliphatic rings. The third kappa shape index (κ3) is 3.98. The van der Waals surface area contributed by atoms with Gasteiger partial charge in [0.15, 0.2) is 6.10 Å². The number of hydrogen-bond donors (Lipinski definition) is 1. The summed E-state index contributed by atoms with van der Waals surface area (Å²) in [6, 6.07) is 11.0. The van der Waals surface area contributed by atoms with Crippen LogP contribution in [0.5, 0.6) is 17.2 Å². The Kier molecular flexibility index (Phi) is 5.68. The van der Waals surface area contributed by atoms with Gasteiger partial charge in [0.2, 0.25) is 0 Å². The molecule has 2 aromatic rings. The van der Waals surface area contributed by atoms with Crippen LogP contribution in [0.15, 0.2) is 36.4 Å². The predicted octanol–water partition coefficient (Wildman–Crippen LogP) is 3.73. The van der Waals surface area contributed by atoms with Crippen LogP contribution >= 0.6 is 0 Å². The van der Waals surface area contributed by atoms with Crippen molar-refractivity contribution in [3.63, 3.8) is 0 Å². The van der Waals surface area contributed by atoms with E-state index < -0.39 is 6.10 Å². The second-order valence-corrected chi connectivity index (χ2v) is 5.51. The Bertz CT molecular complexity index is 727. The van der Waals surface area contributed by atoms with Crippen LogP contribution in [0.3, 0.4) is 0 Å². The first kappa shape index (κ1) is 17.7. The monoisotopic (exact) mass is 329 g/mol. The first-order chi connectivity index (χ1) is 11.5. The van der Waals surface area contributed by atoms with Crippen LogP contribution in [0, 0.1) is 13.8 Å². The Morgan fingerprint density at radius 1 is 1.04 bits per heavy atom. The molecule has 1 amide bonds. The third-order valence-electron chi connectivity index (χ3n) is 3.89. The molecule has 1 atom stereocenters. The summed E-state index contributed by atoms with van der Waals surface area (Å²) in [5.41, 5.74) is 2.72. The number of aryl methyl sites for hydroxylation is 1. The van der Waals surface area contributed by atoms with Gasteiger partial charge in [-0.05, 0) is 50.1 Å². The fourth-order valence-electron chi connectivity index (χ4n) is 2.23. The first-order valence-corrected chi connectivity index (χ1v) is 7.72. The zero-order chi connectivity index (χ0) is 17.7. The van der Waals surface area contributed by atoms with Gasteiger partial charge in [-0.25, -0.2) is 0 Å². The second-order valence-electron chi connectivity index (χ2n) is 5.51. The second kappa shape index (κ2) is 7.73. The van der Waals surface area contributed by atoms with E-state index in [1.807, 2.05) is 32.0 Å². The number of methoxy groups -OCH3 is 2. The van der Waals surface area contributed by atoms with Gasteiger partial charge in [-0.15, -0.1) is 0 Å². The van der Waals surface area contributed by atoms with Gasteiger partial charge in [0, 0.05) is 6.07 Å². The molecule has 128 valence electrons. The summed E-state index contributed by atoms with van der Waals surface area (Å²) in [5, 5.41) is 2.82. The van der Waals surface area contributed by atoms with Crippen LogP contribution in [-0.4, -0.2) is 26.2 Å². The molecule has 1 N–H and O–H groups in total. The van der Waals surface area contributed by atoms with E-state index in [0.717, 1.165) is 11.1 Å². The van der Waals surface area contributed by atoms with E-state index in [2.05, 4.69) is 5.32 Å². The molecular formula is C19H23NO4. The highest BCUT2D eigenvalue weighted by Crippen LogP contribution is 2.29. The van der Waals surface area contributed by atoms with Gasteiger partial charge in [-0.2, -0.15) is 0 Å². The van der Waals surface area contributed by atoms with Crippen molar-refractivity contribution in [3.05, 3.63) is 47.5 Å². The highest BCUT2D eigenvalue weighted by molar-refractivity contribution is 5.95. The molecule has 0 radical (unpaired) electrons. The largest absolute Gasteiger partial charge is 0.497 e. The molecule has 2 rings (SSSR count). The molecule has 0 aliphatic heterocycles. The molecule has 0 aromatic heterocycles. The molecule has 0 spiro atoms. The van der Waals surface area contributed by atoms with Crippen LogP contribution in [0.25, 0.3) is 0 Å². The Labute approximate surface area is 142 Å². The highest BCUT2D eigenvalue weighted by atomic mass is 16.5. The molecule has 0 aliphatic carbocycles. The van der Waals surface area contributed by atoms with Crippen molar-refractivity contribution in [1.29, 1.82) is 0 Å². The maximum absolute atomic E-state index is 12.4. The SMILES string of the molecule is COc1ccc(NC(=O)[C@H](C)Oc2cccc(C)c2C)c(OC)c1. The normalized spacial score (nSPS) is 11.5. The lowest BCUT2D eigenvalue weighted by molar-refractivity contribution is -0.122. The molecule has 0 fully saturated rings. The number of hydrogen-bond acceptors (Lipinski definition) is 4. The summed E-state index contributed by atoms with van der Waals surface area (Å²) in [5.74, 6) is 1.64. The fourth-order valence-corrected chi connectivity index (χ4v) is 2.23. The van der Waals surface area contributed by atoms with Crippen molar-refractivity contribution >= 4 is 11.6 Å². The van der Waals surface area contributed by atoms with Crippen LogP contribution in [0.2, 0.25) is 0 Å². The van der Waals surface area contributed by atoms with Crippen molar-refractivity contribution < 1.29 is 19.0 Å². The van der Waals surface area contributed by atoms with E-state index >= 15 is 0 Å². The molecule has 0 saturated carbocycles. The van der Waals surface area contributed by atoms with Crippen molar-refractivity contribution in [2.45, 2.75) is 26.9 Å². The van der Waals surface area contributed by atoms with Crippen LogP contribution in [-0.2, 0) is 4.79 Å². The summed E-state index contributed by atoms with van der Waals surface area (Å²) in [6.45, 7) is 5.70. The van der Waals surface area contributed by atoms with Gasteiger partial charge < -0.3 is 19.5 Å². The number of benzene rings is 2. The summed E-state index contributed by atoms with van der Waals surface area (Å²) >= 11 is 0. The van der Waals surface area contributed by atoms with Crippen LogP contribution < -0.4 is 19.5 Å². The lowest BCUT2D eigenvalue weighted by Crippen LogP contribution is -2.30. The summed E-state index contributed by atoms with van der Waals surface area (Å²) in [6.07, 6.45) is -0.641. The Hall–Kier alpha value is -2.69. The zero-order valence-corrected chi connectivity index (χ0v) is 14.7. The number of carbonyl (C=O) groups is 1. The predicted molar refractivity (Wildman–Crippen MR) is 94.2 cm³/mol. The quantitative estimate of drug-likeness (QED) is 0.877. The Balaban J connectivity index is 2.10. The van der Waals surface area contributed by atoms with E-state index in [1.54, 1.807) is 39.3 Å². The molecular weight excluding hydrogens is 306 g/mol. The van der Waals surface area contributed by atoms with Crippen molar-refractivity contribution in [3.8, 4) is 17.2 Å². The number of anilines is 1. The minimum atomic E-state index is -0.641. The smallest absolute Gasteiger partial charge is 0.265 e. The molecule has 2 aromatic carbocycles. The summed E-state index contributed by atoms with van der Waals surface area (Å²) in [7, 11) is 3.12. The van der Waals surface area contributed by atoms with Crippen LogP contribution in [0.1, 0.15) is 18.1 Å². The average Bonchev–Trinajstić information content (AvgIpc) is 2.59. The van der Waals surface area contributed by atoms with E-state index in [1.165, 1.54) is 0 Å². The van der Waals surface area contributed by atoms with E-state index in [4.69, 9.17) is 14.2 Å². The molecule has 0 unspecified atom stereocenters. The minimum Gasteiger partial charge on any atom is -0.497 e.